The smallest absolute Gasteiger partial charge is 0.260 e. The summed E-state index contributed by atoms with van der Waals surface area (Å²) in [5.74, 6) is 0.0125. The van der Waals surface area contributed by atoms with Gasteiger partial charge in [-0.25, -0.2) is 4.39 Å². The molecule has 100 valence electrons. The van der Waals surface area contributed by atoms with Gasteiger partial charge in [-0.15, -0.1) is 0 Å². The summed E-state index contributed by atoms with van der Waals surface area (Å²) in [6.45, 7) is 5.71. The number of nitrogens with one attached hydrogen (secondary N) is 1. The summed E-state index contributed by atoms with van der Waals surface area (Å²) in [6, 6.07) is 5.77. The highest BCUT2D eigenvalue weighted by atomic mass is 19.1. The molecule has 0 saturated heterocycles. The van der Waals surface area contributed by atoms with Gasteiger partial charge < -0.3 is 10.1 Å². The summed E-state index contributed by atoms with van der Waals surface area (Å²) < 4.78 is 18.1. The molecule has 0 unspecified atom stereocenters. The summed E-state index contributed by atoms with van der Waals surface area (Å²) in [5, 5.41) is 2.87. The topological polar surface area (TPSA) is 38.3 Å². The van der Waals surface area contributed by atoms with Gasteiger partial charge in [0.05, 0.1) is 0 Å². The van der Waals surface area contributed by atoms with Crippen LogP contribution in [0.15, 0.2) is 24.3 Å². The van der Waals surface area contributed by atoms with Crippen molar-refractivity contribution in [3.63, 3.8) is 0 Å². The highest BCUT2D eigenvalue weighted by molar-refractivity contribution is 5.80. The Morgan fingerprint density at radius 2 is 1.94 bits per heavy atom. The molecule has 0 fully saturated rings. The van der Waals surface area contributed by atoms with Crippen LogP contribution in [0.5, 0.6) is 5.75 Å². The first-order chi connectivity index (χ1) is 8.52. The Balaban J connectivity index is 2.46. The van der Waals surface area contributed by atoms with Gasteiger partial charge in [0.1, 0.15) is 11.6 Å². The van der Waals surface area contributed by atoms with Crippen molar-refractivity contribution >= 4 is 5.91 Å². The molecule has 1 amide bonds. The fourth-order valence-electron chi connectivity index (χ4n) is 1.64. The van der Waals surface area contributed by atoms with E-state index in [0.717, 1.165) is 12.8 Å². The molecule has 3 nitrogen and oxygen atoms in total. The van der Waals surface area contributed by atoms with Crippen molar-refractivity contribution in [1.29, 1.82) is 0 Å². The average Bonchev–Trinajstić information content (AvgIpc) is 2.32. The summed E-state index contributed by atoms with van der Waals surface area (Å²) in [7, 11) is 0. The van der Waals surface area contributed by atoms with Crippen molar-refractivity contribution in [3.05, 3.63) is 30.1 Å². The molecule has 1 rings (SSSR count). The second-order valence-electron chi connectivity index (χ2n) is 4.41. The third kappa shape index (κ3) is 4.73. The number of ether oxygens (including phenoxy) is 1. The number of carbonyl (C=O) groups is 1. The molecule has 1 aromatic carbocycles. The van der Waals surface area contributed by atoms with E-state index in [1.807, 2.05) is 6.92 Å². The van der Waals surface area contributed by atoms with Crippen molar-refractivity contribution < 1.29 is 13.9 Å². The third-order valence-electron chi connectivity index (χ3n) is 2.61. The molecule has 0 bridgehead atoms. The van der Waals surface area contributed by atoms with Crippen molar-refractivity contribution in [1.82, 2.24) is 5.32 Å². The van der Waals surface area contributed by atoms with E-state index in [1.165, 1.54) is 24.3 Å². The first kappa shape index (κ1) is 14.5. The maximum absolute atomic E-state index is 12.7. The van der Waals surface area contributed by atoms with Crippen LogP contribution in [-0.4, -0.2) is 18.1 Å². The summed E-state index contributed by atoms with van der Waals surface area (Å²) in [4.78, 5) is 11.8. The second kappa shape index (κ2) is 6.99. The van der Waals surface area contributed by atoms with Crippen LogP contribution in [0.2, 0.25) is 0 Å². The van der Waals surface area contributed by atoms with Crippen molar-refractivity contribution in [2.75, 3.05) is 0 Å². The Bertz CT molecular complexity index is 378. The van der Waals surface area contributed by atoms with E-state index in [9.17, 15) is 9.18 Å². The molecule has 18 heavy (non-hydrogen) atoms. The van der Waals surface area contributed by atoms with Crippen LogP contribution in [0, 0.1) is 5.82 Å². The normalized spacial score (nSPS) is 13.8. The number of benzene rings is 1. The Hall–Kier alpha value is -1.58. The Morgan fingerprint density at radius 1 is 1.33 bits per heavy atom. The van der Waals surface area contributed by atoms with Crippen LogP contribution in [0.4, 0.5) is 4.39 Å². The molecule has 0 saturated carbocycles. The number of hydrogen-bond donors (Lipinski definition) is 1. The van der Waals surface area contributed by atoms with Crippen LogP contribution in [0.25, 0.3) is 0 Å². The lowest BCUT2D eigenvalue weighted by Gasteiger charge is -2.18. The van der Waals surface area contributed by atoms with Crippen molar-refractivity contribution in [2.24, 2.45) is 0 Å². The largest absolute Gasteiger partial charge is 0.481 e. The van der Waals surface area contributed by atoms with E-state index in [0.29, 0.717) is 5.75 Å². The van der Waals surface area contributed by atoms with Crippen LogP contribution < -0.4 is 10.1 Å². The summed E-state index contributed by atoms with van der Waals surface area (Å²) >= 11 is 0. The van der Waals surface area contributed by atoms with E-state index in [1.54, 1.807) is 6.92 Å². The first-order valence-corrected chi connectivity index (χ1v) is 6.25. The van der Waals surface area contributed by atoms with Gasteiger partial charge in [0.2, 0.25) is 0 Å². The fourth-order valence-corrected chi connectivity index (χ4v) is 1.64. The predicted octanol–water partition coefficient (Wildman–Crippen LogP) is 2.90. The maximum atomic E-state index is 12.7. The molecule has 0 heterocycles. The SMILES string of the molecule is CCC[C@@H](C)NC(=O)[C@H](C)Oc1ccc(F)cc1. The fraction of sp³-hybridized carbons (Fsp3) is 0.500. The molecule has 4 heteroatoms. The van der Waals surface area contributed by atoms with Crippen LogP contribution in [0.1, 0.15) is 33.6 Å². The summed E-state index contributed by atoms with van der Waals surface area (Å²) in [6.07, 6.45) is 1.37. The van der Waals surface area contributed by atoms with E-state index in [4.69, 9.17) is 4.74 Å². The predicted molar refractivity (Wildman–Crippen MR) is 69.0 cm³/mol. The number of rotatable bonds is 6. The Kier molecular flexibility index (Phi) is 5.62. The minimum atomic E-state index is -0.588. The molecular formula is C14H20FNO2. The zero-order chi connectivity index (χ0) is 13.5. The van der Waals surface area contributed by atoms with E-state index >= 15 is 0 Å². The van der Waals surface area contributed by atoms with Crippen molar-refractivity contribution in [3.8, 4) is 5.75 Å². The van der Waals surface area contributed by atoms with Crippen LogP contribution in [0.3, 0.4) is 0 Å². The molecule has 0 radical (unpaired) electrons. The van der Waals surface area contributed by atoms with Crippen LogP contribution in [-0.2, 0) is 4.79 Å². The molecule has 2 atom stereocenters. The number of carbonyl (C=O) groups excluding carboxylic acids is 1. The van der Waals surface area contributed by atoms with Gasteiger partial charge in [0.25, 0.3) is 5.91 Å². The van der Waals surface area contributed by atoms with E-state index in [2.05, 4.69) is 12.2 Å². The summed E-state index contributed by atoms with van der Waals surface area (Å²) in [5.41, 5.74) is 0. The minimum absolute atomic E-state index is 0.141. The van der Waals surface area contributed by atoms with E-state index in [-0.39, 0.29) is 17.8 Å². The highest BCUT2D eigenvalue weighted by Gasteiger charge is 2.16. The lowest BCUT2D eigenvalue weighted by molar-refractivity contribution is -0.127. The van der Waals surface area contributed by atoms with Gasteiger partial charge in [-0.3, -0.25) is 4.79 Å². The molecule has 0 aromatic heterocycles. The third-order valence-corrected chi connectivity index (χ3v) is 2.61. The standard InChI is InChI=1S/C14H20FNO2/c1-4-5-10(2)16-14(17)11(3)18-13-8-6-12(15)7-9-13/h6-11H,4-5H2,1-3H3,(H,16,17)/t10-,11+/m1/s1. The minimum Gasteiger partial charge on any atom is -0.481 e. The van der Waals surface area contributed by atoms with Gasteiger partial charge in [0.15, 0.2) is 6.10 Å². The highest BCUT2D eigenvalue weighted by Crippen LogP contribution is 2.13. The Labute approximate surface area is 107 Å². The van der Waals surface area contributed by atoms with Gasteiger partial charge in [-0.1, -0.05) is 13.3 Å². The molecule has 1 N–H and O–H groups in total. The zero-order valence-electron chi connectivity index (χ0n) is 11.1. The molecular weight excluding hydrogens is 233 g/mol. The molecule has 0 aliphatic carbocycles. The Morgan fingerprint density at radius 3 is 2.50 bits per heavy atom. The van der Waals surface area contributed by atoms with Crippen LogP contribution >= 0.6 is 0 Å². The monoisotopic (exact) mass is 253 g/mol. The molecule has 0 spiro atoms. The zero-order valence-corrected chi connectivity index (χ0v) is 11.1. The maximum Gasteiger partial charge on any atom is 0.260 e. The first-order valence-electron chi connectivity index (χ1n) is 6.25. The number of amides is 1. The number of hydrogen-bond acceptors (Lipinski definition) is 2. The van der Waals surface area contributed by atoms with Gasteiger partial charge in [0, 0.05) is 6.04 Å². The second-order valence-corrected chi connectivity index (χ2v) is 4.41. The van der Waals surface area contributed by atoms with Gasteiger partial charge in [-0.2, -0.15) is 0 Å². The molecule has 0 aliphatic heterocycles. The number of halogens is 1. The lowest BCUT2D eigenvalue weighted by atomic mass is 10.2. The average molecular weight is 253 g/mol. The van der Waals surface area contributed by atoms with E-state index < -0.39 is 6.10 Å². The quantitative estimate of drug-likeness (QED) is 0.846. The van der Waals surface area contributed by atoms with Gasteiger partial charge in [-0.05, 0) is 44.5 Å². The lowest BCUT2D eigenvalue weighted by Crippen LogP contribution is -2.41. The van der Waals surface area contributed by atoms with Crippen molar-refractivity contribution in [2.45, 2.75) is 45.8 Å². The molecule has 1 aromatic rings. The van der Waals surface area contributed by atoms with Gasteiger partial charge >= 0.3 is 0 Å². The molecule has 0 aliphatic rings.